The zero-order valence-electron chi connectivity index (χ0n) is 27.6. The van der Waals surface area contributed by atoms with Crippen LogP contribution in [-0.4, -0.2) is 44.0 Å². The molecule has 6 radical (unpaired) electrons. The highest BCUT2D eigenvalue weighted by Crippen LogP contribution is 2.48. The Balaban J connectivity index is 1.30. The van der Waals surface area contributed by atoms with Gasteiger partial charge in [-0.15, -0.1) is 11.3 Å². The van der Waals surface area contributed by atoms with Crippen molar-refractivity contribution in [1.29, 1.82) is 0 Å². The standard InChI is InChI=1S/C44H25B3O4S/c45-35-16-29(28-11-5-10-27-26-9-4-8-25(43(26)52-44(27)28)22-12-14-24(48)15-13-22)38(49)21-34(35)42-30-17-36(46)39(50)19-32(30)41(23-6-2-1-3-7-23)33-20-40(51)37(47)18-31(33)42/h1-21,48-51H. The van der Waals surface area contributed by atoms with Gasteiger partial charge >= 0.3 is 0 Å². The molecule has 240 valence electrons. The third-order valence-corrected chi connectivity index (χ3v) is 11.2. The first-order valence-electron chi connectivity index (χ1n) is 16.6. The van der Waals surface area contributed by atoms with Crippen molar-refractivity contribution in [3.63, 3.8) is 0 Å². The summed E-state index contributed by atoms with van der Waals surface area (Å²) < 4.78 is 2.10. The molecule has 0 aliphatic rings. The predicted molar refractivity (Wildman–Crippen MR) is 219 cm³/mol. The minimum Gasteiger partial charge on any atom is -0.509 e. The summed E-state index contributed by atoms with van der Waals surface area (Å²) >= 11 is 1.64. The largest absolute Gasteiger partial charge is 0.509 e. The van der Waals surface area contributed by atoms with Gasteiger partial charge in [-0.3, -0.25) is 0 Å². The Morgan fingerprint density at radius 3 is 1.54 bits per heavy atom. The molecule has 4 nitrogen and oxygen atoms in total. The second kappa shape index (κ2) is 12.0. The molecule has 8 aromatic carbocycles. The van der Waals surface area contributed by atoms with E-state index in [1.807, 2.05) is 60.7 Å². The van der Waals surface area contributed by atoms with Crippen molar-refractivity contribution in [2.45, 2.75) is 0 Å². The SMILES string of the molecule is [B]c1cc2c(-c3cc(O)c(-c4cccc5c4sc4c(-c6ccc(O)cc6)cccc45)cc3[B])c3cc([B])c(O)cc3c(-c3ccccc3)c2cc1O. The molecule has 0 amide bonds. The van der Waals surface area contributed by atoms with E-state index in [0.29, 0.717) is 43.7 Å². The number of benzene rings is 8. The maximum absolute atomic E-state index is 11.9. The summed E-state index contributed by atoms with van der Waals surface area (Å²) in [5.41, 5.74) is 7.08. The first kappa shape index (κ1) is 31.8. The molecular formula is C44H25B3O4S. The Bertz CT molecular complexity index is 2850. The number of fused-ring (bicyclic) bond motifs is 5. The van der Waals surface area contributed by atoms with Crippen molar-refractivity contribution in [1.82, 2.24) is 0 Å². The molecule has 0 aliphatic heterocycles. The Morgan fingerprint density at radius 2 is 0.923 bits per heavy atom. The van der Waals surface area contributed by atoms with E-state index in [1.54, 1.807) is 59.9 Å². The smallest absolute Gasteiger partial charge is 0.124 e. The lowest BCUT2D eigenvalue weighted by molar-refractivity contribution is 0.475. The molecule has 0 saturated heterocycles. The molecule has 0 fully saturated rings. The lowest BCUT2D eigenvalue weighted by atomic mass is 9.77. The van der Waals surface area contributed by atoms with Crippen LogP contribution in [0.15, 0.2) is 127 Å². The molecule has 52 heavy (non-hydrogen) atoms. The van der Waals surface area contributed by atoms with Gasteiger partial charge < -0.3 is 20.4 Å². The van der Waals surface area contributed by atoms with Gasteiger partial charge in [0.05, 0.1) is 0 Å². The normalized spacial score (nSPS) is 11.6. The lowest BCUT2D eigenvalue weighted by Gasteiger charge is -2.21. The van der Waals surface area contributed by atoms with Crippen LogP contribution in [0.1, 0.15) is 0 Å². The zero-order valence-corrected chi connectivity index (χ0v) is 28.4. The monoisotopic (exact) mass is 682 g/mol. The molecule has 0 bridgehead atoms. The summed E-state index contributed by atoms with van der Waals surface area (Å²) in [6, 6.07) is 39.3. The van der Waals surface area contributed by atoms with Crippen molar-refractivity contribution < 1.29 is 20.4 Å². The van der Waals surface area contributed by atoms with Crippen LogP contribution in [0.2, 0.25) is 0 Å². The van der Waals surface area contributed by atoms with Crippen LogP contribution in [0.3, 0.4) is 0 Å². The third kappa shape index (κ3) is 4.94. The summed E-state index contributed by atoms with van der Waals surface area (Å²) in [6.07, 6.45) is 0. The first-order valence-corrected chi connectivity index (χ1v) is 17.4. The number of hydrogen-bond acceptors (Lipinski definition) is 5. The van der Waals surface area contributed by atoms with Crippen molar-refractivity contribution in [3.8, 4) is 67.5 Å². The van der Waals surface area contributed by atoms with Gasteiger partial charge in [0.2, 0.25) is 0 Å². The van der Waals surface area contributed by atoms with Crippen LogP contribution in [0.25, 0.3) is 86.2 Å². The summed E-state index contributed by atoms with van der Waals surface area (Å²) in [7, 11) is 19.6. The molecule has 9 aromatic rings. The summed E-state index contributed by atoms with van der Waals surface area (Å²) in [6.45, 7) is 0. The van der Waals surface area contributed by atoms with Gasteiger partial charge in [-0.2, -0.15) is 0 Å². The molecule has 0 spiro atoms. The van der Waals surface area contributed by atoms with Crippen LogP contribution in [-0.2, 0) is 0 Å². The fourth-order valence-electron chi connectivity index (χ4n) is 7.47. The fourth-order valence-corrected chi connectivity index (χ4v) is 8.84. The maximum Gasteiger partial charge on any atom is 0.124 e. The average molecular weight is 682 g/mol. The summed E-state index contributed by atoms with van der Waals surface area (Å²) in [4.78, 5) is 0. The second-order valence-corrected chi connectivity index (χ2v) is 14.0. The fraction of sp³-hybridized carbons (Fsp3) is 0. The minimum absolute atomic E-state index is 0.0276. The number of hydrogen-bond donors (Lipinski definition) is 4. The quantitative estimate of drug-likeness (QED) is 0.111. The van der Waals surface area contributed by atoms with Gasteiger partial charge in [-0.1, -0.05) is 113 Å². The van der Waals surface area contributed by atoms with Crippen molar-refractivity contribution in [2.75, 3.05) is 0 Å². The van der Waals surface area contributed by atoms with E-state index in [1.165, 1.54) is 0 Å². The van der Waals surface area contributed by atoms with Gasteiger partial charge in [0.15, 0.2) is 0 Å². The van der Waals surface area contributed by atoms with Crippen LogP contribution < -0.4 is 16.4 Å². The summed E-state index contributed by atoms with van der Waals surface area (Å²) in [5, 5.41) is 48.4. The molecule has 0 aliphatic carbocycles. The van der Waals surface area contributed by atoms with Crippen LogP contribution in [0.5, 0.6) is 23.0 Å². The van der Waals surface area contributed by atoms with Crippen molar-refractivity contribution in [2.24, 2.45) is 0 Å². The van der Waals surface area contributed by atoms with Gasteiger partial charge in [0.1, 0.15) is 46.5 Å². The molecule has 1 heterocycles. The predicted octanol–water partition coefficient (Wildman–Crippen LogP) is 8.23. The average Bonchev–Trinajstić information content (AvgIpc) is 3.53. The van der Waals surface area contributed by atoms with Crippen LogP contribution in [0, 0.1) is 0 Å². The van der Waals surface area contributed by atoms with Crippen molar-refractivity contribution >= 4 is 93.0 Å². The van der Waals surface area contributed by atoms with Gasteiger partial charge in [0, 0.05) is 31.3 Å². The number of thiophene rings is 1. The van der Waals surface area contributed by atoms with Gasteiger partial charge in [-0.05, 0) is 85.3 Å². The molecular weight excluding hydrogens is 657 g/mol. The Kier molecular flexibility index (Phi) is 7.35. The van der Waals surface area contributed by atoms with E-state index in [9.17, 15) is 20.4 Å². The van der Waals surface area contributed by atoms with E-state index in [2.05, 4.69) is 18.2 Å². The van der Waals surface area contributed by atoms with Crippen LogP contribution in [0.4, 0.5) is 0 Å². The first-order chi connectivity index (χ1) is 25.2. The van der Waals surface area contributed by atoms with E-state index < -0.39 is 0 Å². The molecule has 4 N–H and O–H groups in total. The lowest BCUT2D eigenvalue weighted by Crippen LogP contribution is -2.11. The van der Waals surface area contributed by atoms with Crippen molar-refractivity contribution in [3.05, 3.63) is 127 Å². The van der Waals surface area contributed by atoms with Gasteiger partial charge in [-0.25, -0.2) is 0 Å². The third-order valence-electron chi connectivity index (χ3n) is 9.90. The Morgan fingerprint density at radius 1 is 0.365 bits per heavy atom. The highest BCUT2D eigenvalue weighted by atomic mass is 32.1. The van der Waals surface area contributed by atoms with E-state index in [-0.39, 0.29) is 33.9 Å². The zero-order chi connectivity index (χ0) is 35.8. The van der Waals surface area contributed by atoms with Gasteiger partial charge in [0.25, 0.3) is 0 Å². The maximum atomic E-state index is 11.9. The van der Waals surface area contributed by atoms with Crippen LogP contribution >= 0.6 is 11.3 Å². The van der Waals surface area contributed by atoms with E-state index in [0.717, 1.165) is 48.0 Å². The Labute approximate surface area is 307 Å². The minimum atomic E-state index is -0.0780. The highest BCUT2D eigenvalue weighted by Gasteiger charge is 2.22. The van der Waals surface area contributed by atoms with E-state index in [4.69, 9.17) is 23.5 Å². The topological polar surface area (TPSA) is 80.9 Å². The number of phenols is 4. The molecule has 0 unspecified atom stereocenters. The highest BCUT2D eigenvalue weighted by molar-refractivity contribution is 7.26. The summed E-state index contributed by atoms with van der Waals surface area (Å²) in [5.74, 6) is 0.0823. The van der Waals surface area contributed by atoms with E-state index >= 15 is 0 Å². The number of rotatable bonds is 4. The Hall–Kier alpha value is -6.11. The molecule has 0 atom stereocenters. The number of aromatic hydroxyl groups is 4. The number of phenolic OH excluding ortho intramolecular Hbond substituents is 4. The molecule has 1 aromatic heterocycles. The molecule has 0 saturated carbocycles. The molecule has 9 rings (SSSR count). The second-order valence-electron chi connectivity index (χ2n) is 13.0. The molecule has 8 heteroatoms.